The van der Waals surface area contributed by atoms with E-state index in [1.807, 2.05) is 30.3 Å². The molecule has 0 heterocycles. The molecule has 1 aromatic carbocycles. The van der Waals surface area contributed by atoms with Gasteiger partial charge in [0, 0.05) is 20.3 Å². The first kappa shape index (κ1) is 14.1. The summed E-state index contributed by atoms with van der Waals surface area (Å²) >= 11 is 0. The number of ether oxygens (including phenoxy) is 2. The second kappa shape index (κ2) is 7.40. The molecular weight excluding hydrogens is 218 g/mol. The molecule has 4 nitrogen and oxygen atoms in total. The second-order valence-corrected chi connectivity index (χ2v) is 4.08. The Kier molecular flexibility index (Phi) is 6.15. The smallest absolute Gasteiger partial charge is 0.0881 e. The fourth-order valence-electron chi connectivity index (χ4n) is 1.55. The van der Waals surface area contributed by atoms with Crippen molar-refractivity contribution in [3.8, 4) is 0 Å². The molecule has 3 N–H and O–H groups in total. The molecule has 1 unspecified atom stereocenters. The topological polar surface area (TPSA) is 64.7 Å². The minimum atomic E-state index is -0.825. The Morgan fingerprint density at radius 2 is 1.94 bits per heavy atom. The number of rotatable bonds is 8. The van der Waals surface area contributed by atoms with Crippen molar-refractivity contribution < 1.29 is 14.6 Å². The van der Waals surface area contributed by atoms with Crippen LogP contribution in [0.5, 0.6) is 0 Å². The van der Waals surface area contributed by atoms with Gasteiger partial charge in [0.05, 0.1) is 18.8 Å². The molecule has 0 aromatic heterocycles. The van der Waals surface area contributed by atoms with Gasteiger partial charge in [-0.05, 0) is 12.0 Å². The van der Waals surface area contributed by atoms with E-state index >= 15 is 0 Å². The minimum Gasteiger partial charge on any atom is -0.394 e. The Balaban J connectivity index is 2.46. The zero-order valence-corrected chi connectivity index (χ0v) is 10.3. The van der Waals surface area contributed by atoms with Gasteiger partial charge in [-0.25, -0.2) is 0 Å². The predicted molar refractivity (Wildman–Crippen MR) is 66.7 cm³/mol. The zero-order chi connectivity index (χ0) is 12.6. The zero-order valence-electron chi connectivity index (χ0n) is 10.3. The third kappa shape index (κ3) is 4.44. The first-order chi connectivity index (χ1) is 8.23. The molecular formula is C13H21NO3. The molecule has 0 spiro atoms. The van der Waals surface area contributed by atoms with Gasteiger partial charge in [0.2, 0.25) is 0 Å². The van der Waals surface area contributed by atoms with Crippen LogP contribution in [0.4, 0.5) is 0 Å². The van der Waals surface area contributed by atoms with Crippen molar-refractivity contribution in [3.63, 3.8) is 0 Å². The van der Waals surface area contributed by atoms with Crippen LogP contribution in [0.15, 0.2) is 30.3 Å². The maximum Gasteiger partial charge on any atom is 0.0881 e. The summed E-state index contributed by atoms with van der Waals surface area (Å²) in [5.41, 5.74) is 6.19. The van der Waals surface area contributed by atoms with Crippen molar-refractivity contribution in [2.24, 2.45) is 5.73 Å². The fraction of sp³-hybridized carbons (Fsp3) is 0.538. The van der Waals surface area contributed by atoms with E-state index in [-0.39, 0.29) is 6.61 Å². The first-order valence-corrected chi connectivity index (χ1v) is 5.75. The van der Waals surface area contributed by atoms with Gasteiger partial charge in [-0.3, -0.25) is 0 Å². The van der Waals surface area contributed by atoms with Crippen LogP contribution in [0.2, 0.25) is 0 Å². The highest BCUT2D eigenvalue weighted by molar-refractivity contribution is 5.24. The van der Waals surface area contributed by atoms with Crippen molar-refractivity contribution >= 4 is 0 Å². The summed E-state index contributed by atoms with van der Waals surface area (Å²) in [6.45, 7) is 1.42. The molecule has 0 aliphatic heterocycles. The molecule has 4 heteroatoms. The molecule has 0 saturated heterocycles. The number of nitrogens with two attached hydrogens (primary N) is 1. The molecule has 96 valence electrons. The minimum absolute atomic E-state index is 0.138. The quantitative estimate of drug-likeness (QED) is 0.661. The van der Waals surface area contributed by atoms with Crippen LogP contribution in [0.1, 0.15) is 12.0 Å². The number of benzene rings is 1. The lowest BCUT2D eigenvalue weighted by molar-refractivity contribution is 0.0431. The van der Waals surface area contributed by atoms with Gasteiger partial charge in [0.1, 0.15) is 0 Å². The van der Waals surface area contributed by atoms with Crippen LogP contribution in [0.3, 0.4) is 0 Å². The summed E-state index contributed by atoms with van der Waals surface area (Å²) < 4.78 is 10.4. The lowest BCUT2D eigenvalue weighted by Gasteiger charge is -2.27. The summed E-state index contributed by atoms with van der Waals surface area (Å²) in [6, 6.07) is 9.51. The van der Waals surface area contributed by atoms with E-state index in [2.05, 4.69) is 0 Å². The number of hydrogen-bond acceptors (Lipinski definition) is 4. The SMILES string of the molecule is COCCCOCC(N)(CO)c1ccccc1. The lowest BCUT2D eigenvalue weighted by Crippen LogP contribution is -2.45. The van der Waals surface area contributed by atoms with Gasteiger partial charge in [0.15, 0.2) is 0 Å². The number of aliphatic hydroxyl groups excluding tert-OH is 1. The van der Waals surface area contributed by atoms with Crippen LogP contribution < -0.4 is 5.73 Å². The van der Waals surface area contributed by atoms with E-state index < -0.39 is 5.54 Å². The molecule has 0 aliphatic rings. The largest absolute Gasteiger partial charge is 0.394 e. The highest BCUT2D eigenvalue weighted by Crippen LogP contribution is 2.17. The van der Waals surface area contributed by atoms with Crippen LogP contribution in [0, 0.1) is 0 Å². The summed E-state index contributed by atoms with van der Waals surface area (Å²) in [6.07, 6.45) is 0.826. The summed E-state index contributed by atoms with van der Waals surface area (Å²) in [7, 11) is 1.66. The third-order valence-corrected chi connectivity index (χ3v) is 2.63. The van der Waals surface area contributed by atoms with Crippen molar-refractivity contribution in [3.05, 3.63) is 35.9 Å². The van der Waals surface area contributed by atoms with E-state index in [4.69, 9.17) is 15.2 Å². The Morgan fingerprint density at radius 1 is 1.24 bits per heavy atom. The number of hydrogen-bond donors (Lipinski definition) is 2. The molecule has 1 rings (SSSR count). The second-order valence-electron chi connectivity index (χ2n) is 4.08. The lowest BCUT2D eigenvalue weighted by atomic mass is 9.93. The summed E-state index contributed by atoms with van der Waals surface area (Å²) in [4.78, 5) is 0. The van der Waals surface area contributed by atoms with Crippen molar-refractivity contribution in [2.45, 2.75) is 12.0 Å². The maximum absolute atomic E-state index is 9.41. The van der Waals surface area contributed by atoms with E-state index in [0.29, 0.717) is 19.8 Å². The van der Waals surface area contributed by atoms with Crippen LogP contribution in [0.25, 0.3) is 0 Å². The fourth-order valence-corrected chi connectivity index (χ4v) is 1.55. The maximum atomic E-state index is 9.41. The molecule has 0 aliphatic carbocycles. The molecule has 1 atom stereocenters. The number of methoxy groups -OCH3 is 1. The van der Waals surface area contributed by atoms with Crippen molar-refractivity contribution in [1.82, 2.24) is 0 Å². The van der Waals surface area contributed by atoms with Gasteiger partial charge < -0.3 is 20.3 Å². The Hall–Kier alpha value is -0.940. The predicted octanol–water partition coefficient (Wildman–Crippen LogP) is 0.886. The van der Waals surface area contributed by atoms with E-state index in [1.165, 1.54) is 0 Å². The van der Waals surface area contributed by atoms with Crippen LogP contribution >= 0.6 is 0 Å². The average molecular weight is 239 g/mol. The Morgan fingerprint density at radius 3 is 2.53 bits per heavy atom. The molecule has 0 fully saturated rings. The van der Waals surface area contributed by atoms with Gasteiger partial charge in [-0.1, -0.05) is 30.3 Å². The van der Waals surface area contributed by atoms with Gasteiger partial charge in [-0.15, -0.1) is 0 Å². The molecule has 0 saturated carbocycles. The van der Waals surface area contributed by atoms with E-state index in [0.717, 1.165) is 12.0 Å². The van der Waals surface area contributed by atoms with Gasteiger partial charge >= 0.3 is 0 Å². The van der Waals surface area contributed by atoms with E-state index in [1.54, 1.807) is 7.11 Å². The molecule has 0 amide bonds. The number of aliphatic hydroxyl groups is 1. The van der Waals surface area contributed by atoms with E-state index in [9.17, 15) is 5.11 Å². The normalized spacial score (nSPS) is 14.5. The monoisotopic (exact) mass is 239 g/mol. The molecule has 0 bridgehead atoms. The molecule has 17 heavy (non-hydrogen) atoms. The molecule has 1 aromatic rings. The van der Waals surface area contributed by atoms with Gasteiger partial charge in [0.25, 0.3) is 0 Å². The first-order valence-electron chi connectivity index (χ1n) is 5.75. The Bertz CT molecular complexity index is 305. The van der Waals surface area contributed by atoms with Gasteiger partial charge in [-0.2, -0.15) is 0 Å². The molecule has 0 radical (unpaired) electrons. The highest BCUT2D eigenvalue weighted by Gasteiger charge is 2.26. The summed E-state index contributed by atoms with van der Waals surface area (Å²) in [5, 5.41) is 9.41. The highest BCUT2D eigenvalue weighted by atomic mass is 16.5. The Labute approximate surface area is 102 Å². The standard InChI is InChI=1S/C13H21NO3/c1-16-8-5-9-17-11-13(14,10-15)12-6-3-2-4-7-12/h2-4,6-7,15H,5,8-11,14H2,1H3. The van der Waals surface area contributed by atoms with Crippen molar-refractivity contribution in [2.75, 3.05) is 33.5 Å². The third-order valence-electron chi connectivity index (χ3n) is 2.63. The van der Waals surface area contributed by atoms with Crippen LogP contribution in [-0.2, 0) is 15.0 Å². The average Bonchev–Trinajstić information content (AvgIpc) is 2.39. The van der Waals surface area contributed by atoms with Crippen LogP contribution in [-0.4, -0.2) is 38.6 Å². The summed E-state index contributed by atoms with van der Waals surface area (Å²) in [5.74, 6) is 0. The van der Waals surface area contributed by atoms with Crippen molar-refractivity contribution in [1.29, 1.82) is 0 Å².